The predicted octanol–water partition coefficient (Wildman–Crippen LogP) is 4.31. The molecule has 1 aromatic carbocycles. The smallest absolute Gasteiger partial charge is 0.120 e. The lowest BCUT2D eigenvalue weighted by molar-refractivity contribution is 0.217. The van der Waals surface area contributed by atoms with Crippen LogP contribution < -0.4 is 10.1 Å². The molecule has 0 saturated heterocycles. The summed E-state index contributed by atoms with van der Waals surface area (Å²) in [5, 5.41) is 3.58. The third-order valence-corrected chi connectivity index (χ3v) is 3.42. The first kappa shape index (κ1) is 15.0. The molecule has 0 heterocycles. The molecule has 102 valence electrons. The highest BCUT2D eigenvalue weighted by atomic mass is 16.5. The summed E-state index contributed by atoms with van der Waals surface area (Å²) in [6.45, 7) is 10.9. The van der Waals surface area contributed by atoms with Gasteiger partial charge in [0.2, 0.25) is 0 Å². The highest BCUT2D eigenvalue weighted by Gasteiger charge is 2.09. The molecule has 0 saturated carbocycles. The monoisotopic (exact) mass is 249 g/mol. The van der Waals surface area contributed by atoms with Crippen molar-refractivity contribution in [2.45, 2.75) is 65.6 Å². The van der Waals surface area contributed by atoms with Crippen LogP contribution in [0.2, 0.25) is 0 Å². The highest BCUT2D eigenvalue weighted by molar-refractivity contribution is 5.30. The predicted molar refractivity (Wildman–Crippen MR) is 78.1 cm³/mol. The lowest BCUT2D eigenvalue weighted by Crippen LogP contribution is -2.28. The first-order valence-corrected chi connectivity index (χ1v) is 7.09. The number of nitrogens with one attached hydrogen (secondary N) is 1. The molecule has 1 N–H and O–H groups in total. The molecule has 18 heavy (non-hydrogen) atoms. The van der Waals surface area contributed by atoms with Crippen molar-refractivity contribution in [1.82, 2.24) is 5.32 Å². The Hall–Kier alpha value is -1.02. The summed E-state index contributed by atoms with van der Waals surface area (Å²) >= 11 is 0. The lowest BCUT2D eigenvalue weighted by atomic mass is 10.1. The normalized spacial score (nSPS) is 16.1. The van der Waals surface area contributed by atoms with Gasteiger partial charge in [-0.25, -0.2) is 0 Å². The van der Waals surface area contributed by atoms with Crippen LogP contribution in [-0.2, 0) is 0 Å². The van der Waals surface area contributed by atoms with Crippen molar-refractivity contribution >= 4 is 0 Å². The van der Waals surface area contributed by atoms with Gasteiger partial charge in [-0.15, -0.1) is 0 Å². The zero-order valence-corrected chi connectivity index (χ0v) is 12.4. The summed E-state index contributed by atoms with van der Waals surface area (Å²) in [6, 6.07) is 9.31. The molecule has 2 nitrogen and oxygen atoms in total. The summed E-state index contributed by atoms with van der Waals surface area (Å²) in [5.74, 6) is 0.972. The Bertz CT molecular complexity index is 351. The second kappa shape index (κ2) is 7.42. The molecule has 0 bridgehead atoms. The van der Waals surface area contributed by atoms with E-state index in [1.165, 1.54) is 5.56 Å². The fourth-order valence-electron chi connectivity index (χ4n) is 1.81. The number of hydrogen-bond donors (Lipinski definition) is 1. The van der Waals surface area contributed by atoms with Gasteiger partial charge in [0.25, 0.3) is 0 Å². The third-order valence-electron chi connectivity index (χ3n) is 3.42. The molecule has 0 aromatic heterocycles. The second-order valence-electron chi connectivity index (χ2n) is 5.11. The Morgan fingerprint density at radius 3 is 2.44 bits per heavy atom. The van der Waals surface area contributed by atoms with E-state index in [4.69, 9.17) is 4.74 Å². The van der Waals surface area contributed by atoms with Crippen LogP contribution in [0.1, 0.15) is 59.1 Å². The number of rotatable bonds is 7. The van der Waals surface area contributed by atoms with E-state index >= 15 is 0 Å². The molecule has 0 fully saturated rings. The fraction of sp³-hybridized carbons (Fsp3) is 0.625. The van der Waals surface area contributed by atoms with E-state index in [1.54, 1.807) is 0 Å². The van der Waals surface area contributed by atoms with Crippen molar-refractivity contribution in [2.75, 3.05) is 0 Å². The maximum absolute atomic E-state index is 5.86. The molecule has 2 heteroatoms. The van der Waals surface area contributed by atoms with Crippen molar-refractivity contribution in [2.24, 2.45) is 0 Å². The molecular weight excluding hydrogens is 222 g/mol. The molecular formula is C16H27NO. The minimum Gasteiger partial charge on any atom is -0.491 e. The average Bonchev–Trinajstić information content (AvgIpc) is 2.38. The Morgan fingerprint density at radius 2 is 1.83 bits per heavy atom. The Morgan fingerprint density at radius 1 is 1.11 bits per heavy atom. The van der Waals surface area contributed by atoms with Crippen molar-refractivity contribution in [1.29, 1.82) is 0 Å². The third kappa shape index (κ3) is 4.69. The first-order valence-electron chi connectivity index (χ1n) is 7.09. The number of benzene rings is 1. The highest BCUT2D eigenvalue weighted by Crippen LogP contribution is 2.21. The van der Waals surface area contributed by atoms with Crippen LogP contribution in [0.4, 0.5) is 0 Å². The average molecular weight is 249 g/mol. The van der Waals surface area contributed by atoms with Crippen LogP contribution in [0, 0.1) is 0 Å². The Kier molecular flexibility index (Phi) is 6.20. The van der Waals surface area contributed by atoms with Gasteiger partial charge in [-0.05, 0) is 51.3 Å². The molecule has 0 aliphatic heterocycles. The van der Waals surface area contributed by atoms with E-state index in [1.807, 2.05) is 6.07 Å². The summed E-state index contributed by atoms with van der Waals surface area (Å²) in [5.41, 5.74) is 1.29. The van der Waals surface area contributed by atoms with Crippen molar-refractivity contribution < 1.29 is 4.74 Å². The Balaban J connectivity index is 2.68. The van der Waals surface area contributed by atoms with Crippen LogP contribution in [0.3, 0.4) is 0 Å². The SMILES string of the molecule is CC[C@@H](C)N[C@@H](C)c1cccc(O[C@@H](C)CC)c1. The van der Waals surface area contributed by atoms with Gasteiger partial charge in [0.05, 0.1) is 6.10 Å². The topological polar surface area (TPSA) is 21.3 Å². The molecule has 0 amide bonds. The number of hydrogen-bond acceptors (Lipinski definition) is 2. The van der Waals surface area contributed by atoms with Crippen LogP contribution in [0.25, 0.3) is 0 Å². The molecule has 3 atom stereocenters. The van der Waals surface area contributed by atoms with Gasteiger partial charge < -0.3 is 10.1 Å². The van der Waals surface area contributed by atoms with Crippen LogP contribution in [0.15, 0.2) is 24.3 Å². The van der Waals surface area contributed by atoms with Gasteiger partial charge in [-0.2, -0.15) is 0 Å². The van der Waals surface area contributed by atoms with E-state index in [2.05, 4.69) is 58.1 Å². The van der Waals surface area contributed by atoms with Crippen LogP contribution in [-0.4, -0.2) is 12.1 Å². The van der Waals surface area contributed by atoms with Crippen LogP contribution in [0.5, 0.6) is 5.75 Å². The zero-order valence-electron chi connectivity index (χ0n) is 12.4. The van der Waals surface area contributed by atoms with E-state index in [0.29, 0.717) is 12.1 Å². The minimum atomic E-state index is 0.276. The van der Waals surface area contributed by atoms with E-state index < -0.39 is 0 Å². The van der Waals surface area contributed by atoms with E-state index in [-0.39, 0.29) is 6.10 Å². The molecule has 0 aliphatic carbocycles. The summed E-state index contributed by atoms with van der Waals surface area (Å²) in [6.07, 6.45) is 2.45. The van der Waals surface area contributed by atoms with Crippen molar-refractivity contribution in [3.63, 3.8) is 0 Å². The van der Waals surface area contributed by atoms with Crippen molar-refractivity contribution in [3.8, 4) is 5.75 Å². The lowest BCUT2D eigenvalue weighted by Gasteiger charge is -2.20. The fourth-order valence-corrected chi connectivity index (χ4v) is 1.81. The summed E-state index contributed by atoms with van der Waals surface area (Å²) in [4.78, 5) is 0. The molecule has 0 radical (unpaired) electrons. The Labute approximate surface area is 112 Å². The molecule has 1 aromatic rings. The van der Waals surface area contributed by atoms with Crippen molar-refractivity contribution in [3.05, 3.63) is 29.8 Å². The standard InChI is InChI=1S/C16H27NO/c1-6-12(3)17-14(5)15-9-8-10-16(11-15)18-13(4)7-2/h8-14,17H,6-7H2,1-5H3/t12-,13+,14+/m1/s1. The van der Waals surface area contributed by atoms with Gasteiger partial charge in [-0.1, -0.05) is 26.0 Å². The van der Waals surface area contributed by atoms with Gasteiger partial charge in [0, 0.05) is 12.1 Å². The summed E-state index contributed by atoms with van der Waals surface area (Å²) < 4.78 is 5.86. The zero-order chi connectivity index (χ0) is 13.5. The molecule has 0 unspecified atom stereocenters. The maximum Gasteiger partial charge on any atom is 0.120 e. The molecule has 0 aliphatic rings. The summed E-state index contributed by atoms with van der Waals surface area (Å²) in [7, 11) is 0. The van der Waals surface area contributed by atoms with Gasteiger partial charge >= 0.3 is 0 Å². The van der Waals surface area contributed by atoms with Gasteiger partial charge in [-0.3, -0.25) is 0 Å². The van der Waals surface area contributed by atoms with Crippen LogP contribution >= 0.6 is 0 Å². The van der Waals surface area contributed by atoms with Gasteiger partial charge in [0.1, 0.15) is 5.75 Å². The maximum atomic E-state index is 5.86. The van der Waals surface area contributed by atoms with E-state index in [0.717, 1.165) is 18.6 Å². The molecule has 1 rings (SSSR count). The molecule has 0 spiro atoms. The number of ether oxygens (including phenoxy) is 1. The first-order chi connectivity index (χ1) is 8.56. The van der Waals surface area contributed by atoms with E-state index in [9.17, 15) is 0 Å². The minimum absolute atomic E-state index is 0.276. The quantitative estimate of drug-likeness (QED) is 0.777. The largest absolute Gasteiger partial charge is 0.491 e. The van der Waals surface area contributed by atoms with Gasteiger partial charge in [0.15, 0.2) is 0 Å². The second-order valence-corrected chi connectivity index (χ2v) is 5.11.